The van der Waals surface area contributed by atoms with Crippen LogP contribution in [0.5, 0.6) is 0 Å². The number of rotatable bonds is 6. The minimum atomic E-state index is 0. The molecule has 0 N–H and O–H groups in total. The summed E-state index contributed by atoms with van der Waals surface area (Å²) >= 11 is 3.74. The Bertz CT molecular complexity index is 2060. The average Bonchev–Trinajstić information content (AvgIpc) is 3.90. The monoisotopic (exact) mass is 790 g/mol. The summed E-state index contributed by atoms with van der Waals surface area (Å²) in [4.78, 5) is 5.34. The van der Waals surface area contributed by atoms with Gasteiger partial charge in [0.15, 0.2) is 0 Å². The first kappa shape index (κ1) is 38.8. The SMILES string of the molecule is CC(C)c1cccc2[cH-]c(-c3ccc(-c4ccccc4)s3)cc12.CC(C)c1cccc2[cH-]c(-c3ccc(-c4ccccc4)s3)cc12.[Cl-].[Cl-].[Zr+4]. The molecular formula is C44H38Cl2S2Zr. The van der Waals surface area contributed by atoms with Crippen LogP contribution in [-0.2, 0) is 26.2 Å². The molecule has 0 atom stereocenters. The van der Waals surface area contributed by atoms with E-state index in [0.717, 1.165) is 0 Å². The first-order chi connectivity index (χ1) is 22.4. The van der Waals surface area contributed by atoms with Crippen molar-refractivity contribution in [2.45, 2.75) is 39.5 Å². The van der Waals surface area contributed by atoms with Gasteiger partial charge in [0.25, 0.3) is 0 Å². The summed E-state index contributed by atoms with van der Waals surface area (Å²) in [6.45, 7) is 9.06. The molecule has 0 aliphatic heterocycles. The van der Waals surface area contributed by atoms with Crippen LogP contribution in [0.1, 0.15) is 50.7 Å². The molecule has 0 bridgehead atoms. The fraction of sp³-hybridized carbons (Fsp3) is 0.136. The molecule has 0 aliphatic carbocycles. The van der Waals surface area contributed by atoms with Crippen molar-refractivity contribution >= 4 is 44.2 Å². The van der Waals surface area contributed by atoms with E-state index in [1.165, 1.54) is 74.4 Å². The maximum Gasteiger partial charge on any atom is 4.00 e. The molecule has 8 aromatic rings. The quantitative estimate of drug-likeness (QED) is 0.149. The third kappa shape index (κ3) is 8.47. The smallest absolute Gasteiger partial charge is 1.00 e. The van der Waals surface area contributed by atoms with Gasteiger partial charge in [-0.15, -0.1) is 69.1 Å². The number of fused-ring (bicyclic) bond motifs is 2. The Morgan fingerprint density at radius 2 is 0.796 bits per heavy atom. The van der Waals surface area contributed by atoms with Crippen LogP contribution in [0.2, 0.25) is 0 Å². The van der Waals surface area contributed by atoms with E-state index in [1.807, 2.05) is 22.7 Å². The topological polar surface area (TPSA) is 0 Å². The van der Waals surface area contributed by atoms with Crippen LogP contribution >= 0.6 is 22.7 Å². The Kier molecular flexibility index (Phi) is 13.7. The summed E-state index contributed by atoms with van der Waals surface area (Å²) in [6, 6.07) is 52.8. The molecule has 2 heterocycles. The van der Waals surface area contributed by atoms with Gasteiger partial charge in [-0.3, -0.25) is 0 Å². The summed E-state index contributed by atoms with van der Waals surface area (Å²) in [5.74, 6) is 1.11. The number of hydrogen-bond acceptors (Lipinski definition) is 2. The second kappa shape index (κ2) is 17.3. The van der Waals surface area contributed by atoms with Gasteiger partial charge in [-0.1, -0.05) is 148 Å². The summed E-state index contributed by atoms with van der Waals surface area (Å²) in [5.41, 5.74) is 8.13. The zero-order chi connectivity index (χ0) is 31.6. The van der Waals surface area contributed by atoms with Gasteiger partial charge in [-0.2, -0.15) is 22.7 Å². The van der Waals surface area contributed by atoms with E-state index < -0.39 is 0 Å². The molecule has 49 heavy (non-hydrogen) atoms. The number of halogens is 2. The maximum absolute atomic E-state index is 2.35. The zero-order valence-electron chi connectivity index (χ0n) is 28.1. The average molecular weight is 793 g/mol. The van der Waals surface area contributed by atoms with E-state index in [1.54, 1.807) is 0 Å². The van der Waals surface area contributed by atoms with Crippen molar-refractivity contribution in [1.29, 1.82) is 0 Å². The van der Waals surface area contributed by atoms with E-state index in [-0.39, 0.29) is 51.0 Å². The van der Waals surface area contributed by atoms with Crippen molar-refractivity contribution < 1.29 is 51.0 Å². The molecule has 5 heteroatoms. The van der Waals surface area contributed by atoms with E-state index in [4.69, 9.17) is 0 Å². The minimum Gasteiger partial charge on any atom is -1.00 e. The number of thiophene rings is 2. The molecule has 0 saturated heterocycles. The minimum absolute atomic E-state index is 0. The van der Waals surface area contributed by atoms with Crippen LogP contribution in [0.15, 0.2) is 146 Å². The molecule has 0 aliphatic rings. The van der Waals surface area contributed by atoms with Crippen LogP contribution in [0.25, 0.3) is 63.3 Å². The van der Waals surface area contributed by atoms with Gasteiger partial charge in [0.1, 0.15) is 0 Å². The summed E-state index contributed by atoms with van der Waals surface area (Å²) in [5, 5.41) is 5.49. The van der Waals surface area contributed by atoms with Crippen LogP contribution in [0.3, 0.4) is 0 Å². The van der Waals surface area contributed by atoms with Gasteiger partial charge in [-0.05, 0) is 32.7 Å². The third-order valence-electron chi connectivity index (χ3n) is 8.71. The molecule has 0 unspecified atom stereocenters. The normalized spacial score (nSPS) is 10.7. The van der Waals surface area contributed by atoms with Crippen molar-refractivity contribution in [1.82, 2.24) is 0 Å². The fourth-order valence-corrected chi connectivity index (χ4v) is 8.31. The molecule has 0 spiro atoms. The van der Waals surface area contributed by atoms with Gasteiger partial charge in [-0.25, -0.2) is 0 Å². The van der Waals surface area contributed by atoms with Crippen molar-refractivity contribution in [2.24, 2.45) is 0 Å². The Labute approximate surface area is 330 Å². The molecule has 0 saturated carbocycles. The van der Waals surface area contributed by atoms with Crippen LogP contribution < -0.4 is 24.8 Å². The van der Waals surface area contributed by atoms with E-state index in [9.17, 15) is 0 Å². The molecule has 8 rings (SSSR count). The molecule has 2 aromatic heterocycles. The van der Waals surface area contributed by atoms with Gasteiger partial charge in [0, 0.05) is 9.75 Å². The number of benzene rings is 4. The molecule has 6 aromatic carbocycles. The maximum atomic E-state index is 2.35. The van der Waals surface area contributed by atoms with Crippen molar-refractivity contribution in [2.75, 3.05) is 0 Å². The van der Waals surface area contributed by atoms with Gasteiger partial charge < -0.3 is 24.8 Å². The summed E-state index contributed by atoms with van der Waals surface area (Å²) < 4.78 is 0. The van der Waals surface area contributed by atoms with E-state index >= 15 is 0 Å². The van der Waals surface area contributed by atoms with Gasteiger partial charge in [0.05, 0.1) is 0 Å². The molecule has 244 valence electrons. The second-order valence-corrected chi connectivity index (χ2v) is 14.7. The summed E-state index contributed by atoms with van der Waals surface area (Å²) in [6.07, 6.45) is 0. The standard InChI is InChI=1S/2C22H19S.2ClH.Zr/c2*1-15(2)19-10-6-9-17-13-18(14-20(17)19)22-12-11-21(23-22)16-7-4-3-5-8-16;;;/h2*3-15H,1-2H3;2*1H;/q2*-1;;;+4/p-2. The van der Waals surface area contributed by atoms with Gasteiger partial charge in [0.2, 0.25) is 0 Å². The Morgan fingerprint density at radius 1 is 0.429 bits per heavy atom. The molecule has 0 amide bonds. The predicted octanol–water partition coefficient (Wildman–Crippen LogP) is 8.16. The Balaban J connectivity index is 0.000000208. The van der Waals surface area contributed by atoms with E-state index in [0.29, 0.717) is 11.8 Å². The predicted molar refractivity (Wildman–Crippen MR) is 205 cm³/mol. The number of hydrogen-bond donors (Lipinski definition) is 0. The molecule has 0 nitrogen and oxygen atoms in total. The Morgan fingerprint density at radius 3 is 1.16 bits per heavy atom. The van der Waals surface area contributed by atoms with Crippen LogP contribution in [-0.4, -0.2) is 0 Å². The van der Waals surface area contributed by atoms with Crippen molar-refractivity contribution in [3.63, 3.8) is 0 Å². The molecule has 0 fully saturated rings. The first-order valence-electron chi connectivity index (χ1n) is 16.1. The largest absolute Gasteiger partial charge is 4.00 e. The second-order valence-electron chi connectivity index (χ2n) is 12.6. The first-order valence-corrected chi connectivity index (χ1v) is 17.8. The summed E-state index contributed by atoms with van der Waals surface area (Å²) in [7, 11) is 0. The van der Waals surface area contributed by atoms with Crippen LogP contribution in [0.4, 0.5) is 0 Å². The third-order valence-corrected chi connectivity index (χ3v) is 11.1. The fourth-order valence-electron chi connectivity index (χ4n) is 6.31. The van der Waals surface area contributed by atoms with Crippen molar-refractivity contribution in [3.8, 4) is 41.8 Å². The Hall–Kier alpha value is -3.04. The molecule has 0 radical (unpaired) electrons. The van der Waals surface area contributed by atoms with Gasteiger partial charge >= 0.3 is 26.2 Å². The van der Waals surface area contributed by atoms with Crippen LogP contribution in [0, 0.1) is 0 Å². The molecular weight excluding hydrogens is 755 g/mol. The van der Waals surface area contributed by atoms with E-state index in [2.05, 4.69) is 173 Å². The van der Waals surface area contributed by atoms with Crippen molar-refractivity contribution in [3.05, 3.63) is 157 Å². The zero-order valence-corrected chi connectivity index (χ0v) is 33.7.